The van der Waals surface area contributed by atoms with Crippen LogP contribution in [0.15, 0.2) is 0 Å². The van der Waals surface area contributed by atoms with E-state index in [4.69, 9.17) is 5.73 Å². The van der Waals surface area contributed by atoms with Gasteiger partial charge in [-0.3, -0.25) is 10.2 Å². The molecular formula is C4H11N3. The van der Waals surface area contributed by atoms with Crippen molar-refractivity contribution in [1.82, 2.24) is 10.2 Å². The van der Waals surface area contributed by atoms with E-state index in [2.05, 4.69) is 10.2 Å². The predicted octanol–water partition coefficient (Wildman–Crippen LogP) is -1.23. The minimum atomic E-state index is 0.594. The van der Waals surface area contributed by atoms with Crippen LogP contribution in [-0.2, 0) is 0 Å². The lowest BCUT2D eigenvalue weighted by atomic mass is 10.9. The molecule has 0 radical (unpaired) electrons. The molecule has 1 saturated heterocycles. The van der Waals surface area contributed by atoms with E-state index in [-0.39, 0.29) is 0 Å². The summed E-state index contributed by atoms with van der Waals surface area (Å²) in [6.07, 6.45) is 0. The first kappa shape index (κ1) is 5.03. The van der Waals surface area contributed by atoms with Crippen LogP contribution in [0.4, 0.5) is 0 Å². The summed E-state index contributed by atoms with van der Waals surface area (Å²) in [4.78, 5) is 2.27. The second-order valence-electron chi connectivity index (χ2n) is 1.73. The highest BCUT2D eigenvalue weighted by molar-refractivity contribution is 4.69. The molecule has 1 aliphatic rings. The van der Waals surface area contributed by atoms with Crippen LogP contribution in [0.3, 0.4) is 0 Å². The highest BCUT2D eigenvalue weighted by Crippen LogP contribution is 1.97. The molecule has 1 heterocycles. The molecule has 0 aliphatic carbocycles. The fourth-order valence-electron chi connectivity index (χ4n) is 0.451. The van der Waals surface area contributed by atoms with Crippen molar-refractivity contribution in [1.29, 1.82) is 0 Å². The molecule has 1 aliphatic heterocycles. The summed E-state index contributed by atoms with van der Waals surface area (Å²) in [5.74, 6) is 0. The van der Waals surface area contributed by atoms with Gasteiger partial charge in [-0.25, -0.2) is 0 Å². The standard InChI is InChI=1S/C4H11N3/c5-3-6-4-7-1-2-7/h6H,1-5H2. The molecule has 7 heavy (non-hydrogen) atoms. The van der Waals surface area contributed by atoms with Crippen molar-refractivity contribution in [3.05, 3.63) is 0 Å². The molecule has 1 rings (SSSR count). The summed E-state index contributed by atoms with van der Waals surface area (Å²) in [7, 11) is 0. The largest absolute Gasteiger partial charge is 0.318 e. The molecule has 3 nitrogen and oxygen atoms in total. The molecule has 0 aromatic carbocycles. The van der Waals surface area contributed by atoms with E-state index >= 15 is 0 Å². The lowest BCUT2D eigenvalue weighted by molar-refractivity contribution is 0.489. The number of nitrogens with zero attached hydrogens (tertiary/aromatic N) is 1. The first-order valence-electron chi connectivity index (χ1n) is 2.56. The van der Waals surface area contributed by atoms with Gasteiger partial charge in [-0.05, 0) is 0 Å². The van der Waals surface area contributed by atoms with Crippen LogP contribution < -0.4 is 11.1 Å². The minimum absolute atomic E-state index is 0.594. The Kier molecular flexibility index (Phi) is 1.62. The fraction of sp³-hybridized carbons (Fsp3) is 1.00. The third-order valence-electron chi connectivity index (χ3n) is 1.02. The normalized spacial score (nSPS) is 20.1. The number of rotatable bonds is 3. The third-order valence-corrected chi connectivity index (χ3v) is 1.02. The molecule has 3 heteroatoms. The van der Waals surface area contributed by atoms with Crippen molar-refractivity contribution in [2.24, 2.45) is 5.73 Å². The molecule has 0 aromatic rings. The van der Waals surface area contributed by atoms with Crippen molar-refractivity contribution in [3.8, 4) is 0 Å². The smallest absolute Gasteiger partial charge is 0.0491 e. The van der Waals surface area contributed by atoms with Crippen LogP contribution in [0.1, 0.15) is 0 Å². The molecule has 1 fully saturated rings. The molecule has 0 unspecified atom stereocenters. The summed E-state index contributed by atoms with van der Waals surface area (Å²) in [6.45, 7) is 4.05. The predicted molar refractivity (Wildman–Crippen MR) is 28.6 cm³/mol. The van der Waals surface area contributed by atoms with Gasteiger partial charge < -0.3 is 5.73 Å². The molecule has 0 saturated carbocycles. The van der Waals surface area contributed by atoms with Crippen LogP contribution in [-0.4, -0.2) is 31.3 Å². The van der Waals surface area contributed by atoms with Crippen LogP contribution in [0.25, 0.3) is 0 Å². The second kappa shape index (κ2) is 2.26. The number of hydrogen-bond donors (Lipinski definition) is 2. The third kappa shape index (κ3) is 1.87. The lowest BCUT2D eigenvalue weighted by Crippen LogP contribution is -2.27. The zero-order valence-electron chi connectivity index (χ0n) is 4.35. The van der Waals surface area contributed by atoms with Gasteiger partial charge in [0.1, 0.15) is 0 Å². The van der Waals surface area contributed by atoms with E-state index in [1.807, 2.05) is 0 Å². The molecular weight excluding hydrogens is 90.1 g/mol. The molecule has 0 spiro atoms. The Morgan fingerprint density at radius 1 is 1.57 bits per heavy atom. The number of nitrogens with two attached hydrogens (primary N) is 1. The Labute approximate surface area is 43.5 Å². The molecule has 0 amide bonds. The Morgan fingerprint density at radius 2 is 2.29 bits per heavy atom. The average molecular weight is 101 g/mol. The first-order valence-corrected chi connectivity index (χ1v) is 2.56. The van der Waals surface area contributed by atoms with Gasteiger partial charge in [0, 0.05) is 26.4 Å². The highest BCUT2D eigenvalue weighted by Gasteiger charge is 2.14. The Morgan fingerprint density at radius 3 is 2.71 bits per heavy atom. The van der Waals surface area contributed by atoms with Crippen LogP contribution >= 0.6 is 0 Å². The number of hydrogen-bond acceptors (Lipinski definition) is 3. The van der Waals surface area contributed by atoms with Gasteiger partial charge in [0.05, 0.1) is 0 Å². The fourth-order valence-corrected chi connectivity index (χ4v) is 0.451. The van der Waals surface area contributed by atoms with Gasteiger partial charge in [0.15, 0.2) is 0 Å². The van der Waals surface area contributed by atoms with Crippen LogP contribution in [0, 0.1) is 0 Å². The van der Waals surface area contributed by atoms with E-state index in [1.165, 1.54) is 13.1 Å². The van der Waals surface area contributed by atoms with E-state index in [0.29, 0.717) is 6.67 Å². The Hall–Kier alpha value is -0.120. The van der Waals surface area contributed by atoms with Gasteiger partial charge in [-0.2, -0.15) is 0 Å². The first-order chi connectivity index (χ1) is 3.43. The van der Waals surface area contributed by atoms with Gasteiger partial charge in [-0.15, -0.1) is 0 Å². The molecule has 0 bridgehead atoms. The van der Waals surface area contributed by atoms with Crippen molar-refractivity contribution in [3.63, 3.8) is 0 Å². The zero-order valence-corrected chi connectivity index (χ0v) is 4.35. The Bertz CT molecular complexity index is 50.9. The molecule has 0 aromatic heterocycles. The SMILES string of the molecule is NCNCN1CC1. The Balaban J connectivity index is 1.80. The molecule has 42 valence electrons. The summed E-state index contributed by atoms with van der Waals surface area (Å²) in [6, 6.07) is 0. The average Bonchev–Trinajstić information content (AvgIpc) is 2.42. The zero-order chi connectivity index (χ0) is 5.11. The number of nitrogens with one attached hydrogen (secondary N) is 1. The second-order valence-corrected chi connectivity index (χ2v) is 1.73. The van der Waals surface area contributed by atoms with Gasteiger partial charge in [-0.1, -0.05) is 0 Å². The van der Waals surface area contributed by atoms with Gasteiger partial charge in [0.25, 0.3) is 0 Å². The van der Waals surface area contributed by atoms with E-state index in [1.54, 1.807) is 0 Å². The van der Waals surface area contributed by atoms with E-state index in [9.17, 15) is 0 Å². The van der Waals surface area contributed by atoms with Gasteiger partial charge in [0.2, 0.25) is 0 Å². The molecule has 0 atom stereocenters. The summed E-state index contributed by atoms with van der Waals surface area (Å²) in [5, 5.41) is 3.01. The maximum absolute atomic E-state index is 5.17. The van der Waals surface area contributed by atoms with Gasteiger partial charge >= 0.3 is 0 Å². The van der Waals surface area contributed by atoms with E-state index in [0.717, 1.165) is 6.67 Å². The van der Waals surface area contributed by atoms with Crippen molar-refractivity contribution < 1.29 is 0 Å². The summed E-state index contributed by atoms with van der Waals surface area (Å²) < 4.78 is 0. The summed E-state index contributed by atoms with van der Waals surface area (Å²) in [5.41, 5.74) is 5.17. The maximum atomic E-state index is 5.17. The quantitative estimate of drug-likeness (QED) is 0.345. The van der Waals surface area contributed by atoms with Crippen LogP contribution in [0.5, 0.6) is 0 Å². The highest BCUT2D eigenvalue weighted by atomic mass is 15.3. The van der Waals surface area contributed by atoms with Crippen molar-refractivity contribution in [2.75, 3.05) is 26.4 Å². The van der Waals surface area contributed by atoms with Crippen molar-refractivity contribution >= 4 is 0 Å². The minimum Gasteiger partial charge on any atom is -0.318 e. The lowest BCUT2D eigenvalue weighted by Gasteiger charge is -1.97. The van der Waals surface area contributed by atoms with Crippen LogP contribution in [0.2, 0.25) is 0 Å². The maximum Gasteiger partial charge on any atom is 0.0491 e. The topological polar surface area (TPSA) is 41.1 Å². The van der Waals surface area contributed by atoms with Crippen molar-refractivity contribution in [2.45, 2.75) is 0 Å². The van der Waals surface area contributed by atoms with E-state index < -0.39 is 0 Å². The molecule has 3 N–H and O–H groups in total. The summed E-state index contributed by atoms with van der Waals surface area (Å²) >= 11 is 0. The monoisotopic (exact) mass is 101 g/mol.